The van der Waals surface area contributed by atoms with E-state index in [2.05, 4.69) is 10.3 Å². The zero-order chi connectivity index (χ0) is 14.6. The van der Waals surface area contributed by atoms with Crippen LogP contribution in [0.3, 0.4) is 0 Å². The van der Waals surface area contributed by atoms with Gasteiger partial charge in [-0.05, 0) is 28.8 Å². The minimum absolute atomic E-state index is 0.0906. The molecule has 20 heavy (non-hydrogen) atoms. The van der Waals surface area contributed by atoms with Gasteiger partial charge in [-0.3, -0.25) is 4.79 Å². The van der Waals surface area contributed by atoms with Crippen molar-refractivity contribution >= 4 is 36.8 Å². The zero-order valence-electron chi connectivity index (χ0n) is 10.5. The molecule has 6 nitrogen and oxygen atoms in total. The van der Waals surface area contributed by atoms with E-state index in [0.29, 0.717) is 13.0 Å². The molecule has 108 valence electrons. The quantitative estimate of drug-likeness (QED) is 0.612. The van der Waals surface area contributed by atoms with Crippen molar-refractivity contribution in [3.05, 3.63) is 36.0 Å². The van der Waals surface area contributed by atoms with Gasteiger partial charge in [-0.1, -0.05) is 18.2 Å². The molecule has 1 amide bonds. The normalized spacial score (nSPS) is 11.7. The van der Waals surface area contributed by atoms with Crippen LogP contribution < -0.4 is 5.32 Å². The number of amides is 1. The molecule has 0 aliphatic rings. The van der Waals surface area contributed by atoms with Gasteiger partial charge < -0.3 is 14.9 Å². The molecule has 0 saturated carbocycles. The summed E-state index contributed by atoms with van der Waals surface area (Å²) in [5.41, 5.74) is 2.10. The summed E-state index contributed by atoms with van der Waals surface area (Å²) in [6.45, 7) is 0.389. The summed E-state index contributed by atoms with van der Waals surface area (Å²) >= 11 is 0. The van der Waals surface area contributed by atoms with Crippen LogP contribution in [0.1, 0.15) is 5.56 Å². The van der Waals surface area contributed by atoms with Gasteiger partial charge in [0.1, 0.15) is 9.15 Å². The molecule has 0 radical (unpaired) electrons. The molecule has 2 aromatic rings. The van der Waals surface area contributed by atoms with E-state index < -0.39 is 15.1 Å². The monoisotopic (exact) mass is 313 g/mol. The number of hydrogen-bond acceptors (Lipinski definition) is 5. The first-order valence-corrected chi connectivity index (χ1v) is 8.79. The first-order chi connectivity index (χ1) is 9.46. The number of rotatable bonds is 6. The average molecular weight is 313 g/mol. The van der Waals surface area contributed by atoms with Gasteiger partial charge in [0.25, 0.3) is 0 Å². The fourth-order valence-electron chi connectivity index (χ4n) is 1.85. The van der Waals surface area contributed by atoms with Gasteiger partial charge >= 0.3 is 0 Å². The van der Waals surface area contributed by atoms with Crippen molar-refractivity contribution in [2.45, 2.75) is 6.42 Å². The van der Waals surface area contributed by atoms with Crippen LogP contribution in [0.15, 0.2) is 30.5 Å². The lowest BCUT2D eigenvalue weighted by Crippen LogP contribution is -2.27. The van der Waals surface area contributed by atoms with Crippen LogP contribution in [0, 0.1) is 0 Å². The second kappa shape index (κ2) is 6.29. The van der Waals surface area contributed by atoms with E-state index in [-0.39, 0.29) is 16.5 Å². The van der Waals surface area contributed by atoms with Crippen LogP contribution in [0.5, 0.6) is 0 Å². The Morgan fingerprint density at radius 1 is 1.35 bits per heavy atom. The molecule has 1 aromatic heterocycles. The van der Waals surface area contributed by atoms with Gasteiger partial charge in [0, 0.05) is 23.6 Å². The molecular weight excluding hydrogens is 300 g/mol. The van der Waals surface area contributed by atoms with E-state index >= 15 is 0 Å². The fourth-order valence-corrected chi connectivity index (χ4v) is 2.96. The Labute approximate surface area is 120 Å². The Kier molecular flexibility index (Phi) is 4.69. The third kappa shape index (κ3) is 4.26. The summed E-state index contributed by atoms with van der Waals surface area (Å²) in [5.74, 6) is -0.839. The highest BCUT2D eigenvalue weighted by atomic mass is 33.1. The number of carbonyl (C=O) groups is 1. The van der Waals surface area contributed by atoms with Gasteiger partial charge in [-0.15, -0.1) is 0 Å². The molecule has 0 unspecified atom stereocenters. The molecule has 2 N–H and O–H groups in total. The predicted molar refractivity (Wildman–Crippen MR) is 77.2 cm³/mol. The number of aromatic amines is 1. The fraction of sp³-hybridized carbons (Fsp3) is 0.250. The Morgan fingerprint density at radius 2 is 2.10 bits per heavy atom. The first kappa shape index (κ1) is 14.9. The van der Waals surface area contributed by atoms with Crippen LogP contribution in [-0.4, -0.2) is 36.2 Å². The number of H-pyrrole nitrogens is 1. The molecule has 8 heteroatoms. The SMILES string of the molecule is O=C(CSS(=O)(=O)[O-])NCCc1c[nH]c2ccccc12. The third-order valence-corrected chi connectivity index (χ3v) is 4.61. The Bertz CT molecular complexity index is 709. The minimum atomic E-state index is -4.42. The van der Waals surface area contributed by atoms with E-state index in [4.69, 9.17) is 0 Å². The number of aromatic nitrogens is 1. The summed E-state index contributed by atoms with van der Waals surface area (Å²) in [6.07, 6.45) is 2.51. The van der Waals surface area contributed by atoms with Gasteiger partial charge in [-0.25, -0.2) is 8.42 Å². The van der Waals surface area contributed by atoms with Crippen LogP contribution >= 0.6 is 10.8 Å². The molecule has 1 heterocycles. The number of nitrogens with one attached hydrogen (secondary N) is 2. The molecule has 0 spiro atoms. The number of fused-ring (bicyclic) bond motifs is 1. The predicted octanol–water partition coefficient (Wildman–Crippen LogP) is 1.02. The van der Waals surface area contributed by atoms with Crippen molar-refractivity contribution in [1.82, 2.24) is 10.3 Å². The Hall–Kier alpha value is -1.51. The standard InChI is InChI=1S/C12H14N2O4S2/c15-12(8-19-20(16,17)18)13-6-5-9-7-14-11-4-2-1-3-10(9)11/h1-4,7,14H,5-6,8H2,(H,13,15)(H,16,17,18)/p-1. The number of hydrogen-bond donors (Lipinski definition) is 2. The van der Waals surface area contributed by atoms with Crippen molar-refractivity contribution in [2.24, 2.45) is 0 Å². The van der Waals surface area contributed by atoms with Crippen LogP contribution in [0.2, 0.25) is 0 Å². The van der Waals surface area contributed by atoms with Crippen LogP contribution in [0.25, 0.3) is 10.9 Å². The highest BCUT2D eigenvalue weighted by molar-refractivity contribution is 8.70. The largest absolute Gasteiger partial charge is 0.739 e. The second-order valence-electron chi connectivity index (χ2n) is 4.13. The minimum Gasteiger partial charge on any atom is -0.739 e. The van der Waals surface area contributed by atoms with Crippen molar-refractivity contribution in [3.63, 3.8) is 0 Å². The van der Waals surface area contributed by atoms with E-state index in [1.54, 1.807) is 0 Å². The summed E-state index contributed by atoms with van der Waals surface area (Å²) in [7, 11) is -4.32. The highest BCUT2D eigenvalue weighted by Gasteiger charge is 2.06. The van der Waals surface area contributed by atoms with Crippen molar-refractivity contribution in [2.75, 3.05) is 12.3 Å². The molecule has 0 aliphatic heterocycles. The third-order valence-electron chi connectivity index (χ3n) is 2.73. The molecule has 1 aromatic carbocycles. The molecule has 0 saturated heterocycles. The molecule has 0 aliphatic carbocycles. The van der Waals surface area contributed by atoms with Gasteiger partial charge in [0.2, 0.25) is 5.91 Å². The second-order valence-corrected chi connectivity index (χ2v) is 7.40. The van der Waals surface area contributed by atoms with E-state index in [0.717, 1.165) is 16.5 Å². The smallest absolute Gasteiger partial charge is 0.231 e. The number of benzene rings is 1. The number of para-hydroxylation sites is 1. The Balaban J connectivity index is 1.83. The van der Waals surface area contributed by atoms with E-state index in [1.807, 2.05) is 30.5 Å². The van der Waals surface area contributed by atoms with Gasteiger partial charge in [-0.2, -0.15) is 0 Å². The van der Waals surface area contributed by atoms with E-state index in [1.165, 1.54) is 0 Å². The summed E-state index contributed by atoms with van der Waals surface area (Å²) < 4.78 is 31.1. The molecule has 0 fully saturated rings. The molecule has 0 bridgehead atoms. The van der Waals surface area contributed by atoms with Crippen LogP contribution in [0.4, 0.5) is 0 Å². The summed E-state index contributed by atoms with van der Waals surface area (Å²) in [6, 6.07) is 7.83. The maximum Gasteiger partial charge on any atom is 0.231 e. The maximum absolute atomic E-state index is 11.3. The van der Waals surface area contributed by atoms with Gasteiger partial charge in [0.05, 0.1) is 5.75 Å². The lowest BCUT2D eigenvalue weighted by atomic mass is 10.1. The zero-order valence-corrected chi connectivity index (χ0v) is 12.1. The number of carbonyl (C=O) groups excluding carboxylic acids is 1. The molecule has 0 atom stereocenters. The van der Waals surface area contributed by atoms with Crippen molar-refractivity contribution in [1.29, 1.82) is 0 Å². The Morgan fingerprint density at radius 3 is 2.85 bits per heavy atom. The lowest BCUT2D eigenvalue weighted by molar-refractivity contribution is -0.118. The maximum atomic E-state index is 11.3. The first-order valence-electron chi connectivity index (χ1n) is 5.87. The van der Waals surface area contributed by atoms with Crippen molar-refractivity contribution < 1.29 is 17.8 Å². The average Bonchev–Trinajstić information content (AvgIpc) is 2.79. The molecule has 2 rings (SSSR count). The highest BCUT2D eigenvalue weighted by Crippen LogP contribution is 2.17. The van der Waals surface area contributed by atoms with E-state index in [9.17, 15) is 17.8 Å². The summed E-state index contributed by atoms with van der Waals surface area (Å²) in [4.78, 5) is 14.5. The topological polar surface area (TPSA) is 102 Å². The van der Waals surface area contributed by atoms with Gasteiger partial charge in [0.15, 0.2) is 0 Å². The van der Waals surface area contributed by atoms with Crippen molar-refractivity contribution in [3.8, 4) is 0 Å². The summed E-state index contributed by atoms with van der Waals surface area (Å²) in [5, 5.41) is 3.68. The molecular formula is C12H13N2O4S2-. The van der Waals surface area contributed by atoms with Crippen LogP contribution in [-0.2, 0) is 20.4 Å². The lowest BCUT2D eigenvalue weighted by Gasteiger charge is -2.06.